The molecule has 0 unspecified atom stereocenters. The van der Waals surface area contributed by atoms with Crippen LogP contribution in [-0.4, -0.2) is 56.2 Å². The van der Waals surface area contributed by atoms with Crippen LogP contribution in [0.15, 0.2) is 5.38 Å². The summed E-state index contributed by atoms with van der Waals surface area (Å²) in [6.45, 7) is -0.360. The first-order chi connectivity index (χ1) is 12.1. The van der Waals surface area contributed by atoms with E-state index in [0.29, 0.717) is 22.9 Å². The van der Waals surface area contributed by atoms with E-state index < -0.39 is 24.4 Å². The van der Waals surface area contributed by atoms with Crippen molar-refractivity contribution >= 4 is 39.0 Å². The molecule has 1 saturated heterocycles. The number of ether oxygens (including phenoxy) is 1. The molecule has 136 valence electrons. The van der Waals surface area contributed by atoms with Gasteiger partial charge in [0.25, 0.3) is 0 Å². The highest BCUT2D eigenvalue weighted by Crippen LogP contribution is 2.41. The highest BCUT2D eigenvalue weighted by atomic mass is 35.5. The topological polar surface area (TPSA) is 108 Å². The molecule has 2 fully saturated rings. The maximum Gasteiger partial charge on any atom is 0.224 e. The smallest absolute Gasteiger partial charge is 0.224 e. The Hall–Kier alpha value is -1.03. The second-order valence-electron chi connectivity index (χ2n) is 6.59. The van der Waals surface area contributed by atoms with Crippen molar-refractivity contribution in [3.05, 3.63) is 16.2 Å². The first-order valence-corrected chi connectivity index (χ1v) is 9.68. The van der Waals surface area contributed by atoms with Gasteiger partial charge in [0.1, 0.15) is 30.2 Å². The Morgan fingerprint density at radius 1 is 1.24 bits per heavy atom. The Kier molecular flexibility index (Phi) is 4.83. The molecular formula is C16H20ClN3O4S. The van der Waals surface area contributed by atoms with Crippen LogP contribution >= 0.6 is 22.9 Å². The molecule has 0 radical (unpaired) electrons. The number of fused-ring (bicyclic) bond motifs is 1. The SMILES string of the molecule is OC[C@H]1O[C@@H](c2csc3c(NC4CCCC4)nc(Cl)nc23)[C@H](O)[C@@H]1O. The van der Waals surface area contributed by atoms with E-state index in [2.05, 4.69) is 15.3 Å². The molecule has 4 atom stereocenters. The molecular weight excluding hydrogens is 366 g/mol. The van der Waals surface area contributed by atoms with Crippen LogP contribution in [0.25, 0.3) is 10.2 Å². The fraction of sp³-hybridized carbons (Fsp3) is 0.625. The second-order valence-corrected chi connectivity index (χ2v) is 7.81. The number of nitrogens with zero attached hydrogens (tertiary/aromatic N) is 2. The van der Waals surface area contributed by atoms with Gasteiger partial charge in [-0.2, -0.15) is 4.98 Å². The quantitative estimate of drug-likeness (QED) is 0.595. The van der Waals surface area contributed by atoms with E-state index in [4.69, 9.17) is 16.3 Å². The minimum atomic E-state index is -1.14. The number of hydrogen-bond donors (Lipinski definition) is 4. The molecule has 0 bridgehead atoms. The summed E-state index contributed by atoms with van der Waals surface area (Å²) in [5.41, 5.74) is 1.27. The van der Waals surface area contributed by atoms with Crippen LogP contribution in [0.5, 0.6) is 0 Å². The zero-order valence-electron chi connectivity index (χ0n) is 13.4. The summed E-state index contributed by atoms with van der Waals surface area (Å²) < 4.78 is 6.48. The lowest BCUT2D eigenvalue weighted by Gasteiger charge is -2.15. The number of halogens is 1. The fourth-order valence-electron chi connectivity index (χ4n) is 3.63. The van der Waals surface area contributed by atoms with Gasteiger partial charge in [0, 0.05) is 11.6 Å². The number of nitrogens with one attached hydrogen (secondary N) is 1. The summed E-state index contributed by atoms with van der Waals surface area (Å²) in [4.78, 5) is 8.65. The standard InChI is InChI=1S/C16H20ClN3O4S/c17-16-19-10-8(13-12(23)11(22)9(5-21)24-13)6-25-14(10)15(20-16)18-7-3-1-2-4-7/h6-7,9,11-13,21-23H,1-5H2,(H,18,19,20)/t9-,11-,12-,13+/m1/s1. The summed E-state index contributed by atoms with van der Waals surface area (Å²) in [6, 6.07) is 0.383. The number of anilines is 1. The average Bonchev–Trinajstić information content (AvgIpc) is 3.29. The van der Waals surface area contributed by atoms with E-state index >= 15 is 0 Å². The molecule has 1 aliphatic carbocycles. The molecule has 4 N–H and O–H groups in total. The van der Waals surface area contributed by atoms with Crippen molar-refractivity contribution in [1.29, 1.82) is 0 Å². The van der Waals surface area contributed by atoms with Gasteiger partial charge >= 0.3 is 0 Å². The Bertz CT molecular complexity index is 767. The molecule has 2 aromatic rings. The number of aliphatic hydroxyl groups is 3. The predicted octanol–water partition coefficient (Wildman–Crippen LogP) is 1.85. The van der Waals surface area contributed by atoms with E-state index in [1.165, 1.54) is 24.2 Å². The maximum atomic E-state index is 10.3. The molecule has 4 rings (SSSR count). The van der Waals surface area contributed by atoms with Crippen molar-refractivity contribution in [2.24, 2.45) is 0 Å². The Morgan fingerprint density at radius 3 is 2.68 bits per heavy atom. The molecule has 9 heteroatoms. The normalized spacial score (nSPS) is 30.4. The van der Waals surface area contributed by atoms with Crippen LogP contribution in [0.1, 0.15) is 37.4 Å². The average molecular weight is 386 g/mol. The van der Waals surface area contributed by atoms with Gasteiger partial charge in [-0.25, -0.2) is 4.98 Å². The zero-order valence-corrected chi connectivity index (χ0v) is 15.0. The molecule has 2 aromatic heterocycles. The van der Waals surface area contributed by atoms with Crippen molar-refractivity contribution in [3.63, 3.8) is 0 Å². The maximum absolute atomic E-state index is 10.3. The largest absolute Gasteiger partial charge is 0.394 e. The third-order valence-electron chi connectivity index (χ3n) is 4.96. The first kappa shape index (κ1) is 17.4. The summed E-state index contributed by atoms with van der Waals surface area (Å²) in [6.07, 6.45) is 0.782. The third-order valence-corrected chi connectivity index (χ3v) is 6.12. The van der Waals surface area contributed by atoms with E-state index in [0.717, 1.165) is 17.5 Å². The van der Waals surface area contributed by atoms with E-state index in [1.54, 1.807) is 0 Å². The van der Waals surface area contributed by atoms with Crippen molar-refractivity contribution in [1.82, 2.24) is 9.97 Å². The zero-order chi connectivity index (χ0) is 17.6. The molecule has 3 heterocycles. The number of thiophene rings is 1. The number of rotatable bonds is 4. The number of aromatic nitrogens is 2. The third kappa shape index (κ3) is 3.11. The van der Waals surface area contributed by atoms with Gasteiger partial charge < -0.3 is 25.4 Å². The van der Waals surface area contributed by atoms with Crippen molar-refractivity contribution < 1.29 is 20.1 Å². The molecule has 0 aromatic carbocycles. The summed E-state index contributed by atoms with van der Waals surface area (Å²) in [7, 11) is 0. The van der Waals surface area contributed by atoms with Gasteiger partial charge in [0.05, 0.1) is 16.8 Å². The summed E-state index contributed by atoms with van der Waals surface area (Å²) >= 11 is 7.57. The van der Waals surface area contributed by atoms with Gasteiger partial charge in [-0.15, -0.1) is 11.3 Å². The van der Waals surface area contributed by atoms with Crippen LogP contribution in [0.2, 0.25) is 5.28 Å². The van der Waals surface area contributed by atoms with Gasteiger partial charge in [-0.3, -0.25) is 0 Å². The van der Waals surface area contributed by atoms with Crippen LogP contribution in [-0.2, 0) is 4.74 Å². The van der Waals surface area contributed by atoms with Gasteiger partial charge in [-0.05, 0) is 29.8 Å². The van der Waals surface area contributed by atoms with Gasteiger partial charge in [0.15, 0.2) is 0 Å². The Labute approximate surface area is 153 Å². The van der Waals surface area contributed by atoms with Crippen molar-refractivity contribution in [3.8, 4) is 0 Å². The van der Waals surface area contributed by atoms with E-state index in [-0.39, 0.29) is 11.9 Å². The summed E-state index contributed by atoms with van der Waals surface area (Å²) in [5.74, 6) is 0.699. The Balaban J connectivity index is 1.70. The number of aliphatic hydroxyl groups excluding tert-OH is 3. The first-order valence-electron chi connectivity index (χ1n) is 8.42. The van der Waals surface area contributed by atoms with Crippen LogP contribution in [0.3, 0.4) is 0 Å². The van der Waals surface area contributed by atoms with Crippen molar-refractivity contribution in [2.75, 3.05) is 11.9 Å². The summed E-state index contributed by atoms with van der Waals surface area (Å²) in [5, 5.41) is 35.0. The predicted molar refractivity (Wildman–Crippen MR) is 95.0 cm³/mol. The monoisotopic (exact) mass is 385 g/mol. The Morgan fingerprint density at radius 2 is 2.00 bits per heavy atom. The van der Waals surface area contributed by atoms with Crippen LogP contribution in [0, 0.1) is 0 Å². The second kappa shape index (κ2) is 6.94. The van der Waals surface area contributed by atoms with Crippen LogP contribution < -0.4 is 5.32 Å². The fourth-order valence-corrected chi connectivity index (χ4v) is 4.78. The highest BCUT2D eigenvalue weighted by Gasteiger charge is 2.44. The molecule has 0 spiro atoms. The van der Waals surface area contributed by atoms with Gasteiger partial charge in [-0.1, -0.05) is 12.8 Å². The molecule has 1 aliphatic heterocycles. The van der Waals surface area contributed by atoms with E-state index in [1.807, 2.05) is 5.38 Å². The molecule has 25 heavy (non-hydrogen) atoms. The lowest BCUT2D eigenvalue weighted by Crippen LogP contribution is -2.32. The van der Waals surface area contributed by atoms with E-state index in [9.17, 15) is 15.3 Å². The molecule has 0 amide bonds. The van der Waals surface area contributed by atoms with Crippen molar-refractivity contribution in [2.45, 2.75) is 56.1 Å². The minimum absolute atomic E-state index is 0.124. The van der Waals surface area contributed by atoms with Crippen LogP contribution in [0.4, 0.5) is 5.82 Å². The van der Waals surface area contributed by atoms with Gasteiger partial charge in [0.2, 0.25) is 5.28 Å². The highest BCUT2D eigenvalue weighted by molar-refractivity contribution is 7.18. The minimum Gasteiger partial charge on any atom is -0.394 e. The lowest BCUT2D eigenvalue weighted by molar-refractivity contribution is -0.0223. The number of hydrogen-bond acceptors (Lipinski definition) is 8. The molecule has 7 nitrogen and oxygen atoms in total. The molecule has 2 aliphatic rings. The lowest BCUT2D eigenvalue weighted by atomic mass is 10.0. The molecule has 1 saturated carbocycles.